The lowest BCUT2D eigenvalue weighted by Gasteiger charge is -2.33. The van der Waals surface area contributed by atoms with Crippen molar-refractivity contribution in [3.05, 3.63) is 35.9 Å². The highest BCUT2D eigenvalue weighted by Crippen LogP contribution is 2.30. The summed E-state index contributed by atoms with van der Waals surface area (Å²) in [6, 6.07) is 12.1. The minimum Gasteiger partial charge on any atom is -0.388 e. The fourth-order valence-corrected chi connectivity index (χ4v) is 2.62. The second-order valence-electron chi connectivity index (χ2n) is 4.94. The number of rotatable bonds is 4. The van der Waals surface area contributed by atoms with E-state index in [4.69, 9.17) is 5.26 Å². The van der Waals surface area contributed by atoms with Gasteiger partial charge in [0.1, 0.15) is 0 Å². The Morgan fingerprint density at radius 3 is 2.56 bits per heavy atom. The van der Waals surface area contributed by atoms with Gasteiger partial charge in [-0.05, 0) is 37.4 Å². The van der Waals surface area contributed by atoms with E-state index in [1.165, 1.54) is 0 Å². The van der Waals surface area contributed by atoms with E-state index in [1.54, 1.807) is 0 Å². The Hall–Kier alpha value is -1.37. The lowest BCUT2D eigenvalue weighted by molar-refractivity contribution is 0.0595. The Morgan fingerprint density at radius 2 is 1.94 bits per heavy atom. The van der Waals surface area contributed by atoms with Crippen molar-refractivity contribution in [1.29, 1.82) is 5.26 Å². The largest absolute Gasteiger partial charge is 0.388 e. The maximum atomic E-state index is 10.3. The average Bonchev–Trinajstić information content (AvgIpc) is 2.46. The molecule has 0 bridgehead atoms. The average molecular weight is 244 g/mol. The molecular weight excluding hydrogens is 224 g/mol. The molecule has 0 radical (unpaired) electrons. The molecule has 1 aliphatic heterocycles. The normalized spacial score (nSPS) is 19.3. The summed E-state index contributed by atoms with van der Waals surface area (Å²) in [4.78, 5) is 2.32. The number of piperidine rings is 1. The van der Waals surface area contributed by atoms with E-state index < -0.39 is 0 Å². The Bertz CT molecular complexity index is 391. The molecule has 1 unspecified atom stereocenters. The first-order chi connectivity index (χ1) is 8.81. The molecule has 0 aliphatic carbocycles. The Labute approximate surface area is 109 Å². The topological polar surface area (TPSA) is 47.3 Å². The maximum absolute atomic E-state index is 10.3. The summed E-state index contributed by atoms with van der Waals surface area (Å²) in [5.74, 6) is 0.353. The van der Waals surface area contributed by atoms with Crippen LogP contribution < -0.4 is 0 Å². The molecule has 3 heteroatoms. The molecule has 0 amide bonds. The molecule has 0 spiro atoms. The van der Waals surface area contributed by atoms with Crippen LogP contribution in [-0.4, -0.2) is 29.6 Å². The molecule has 96 valence electrons. The van der Waals surface area contributed by atoms with Crippen LogP contribution in [-0.2, 0) is 0 Å². The fraction of sp³-hybridized carbons (Fsp3) is 0.533. The van der Waals surface area contributed by atoms with Crippen molar-refractivity contribution < 1.29 is 5.11 Å². The summed E-state index contributed by atoms with van der Waals surface area (Å²) >= 11 is 0. The molecule has 18 heavy (non-hydrogen) atoms. The van der Waals surface area contributed by atoms with Crippen molar-refractivity contribution in [1.82, 2.24) is 4.90 Å². The fourth-order valence-electron chi connectivity index (χ4n) is 2.62. The molecule has 2 rings (SSSR count). The van der Waals surface area contributed by atoms with Gasteiger partial charge in [0.05, 0.1) is 12.2 Å². The number of hydrogen-bond donors (Lipinski definition) is 1. The molecule has 1 aliphatic rings. The quantitative estimate of drug-likeness (QED) is 0.884. The molecule has 0 saturated carbocycles. The number of benzene rings is 1. The van der Waals surface area contributed by atoms with Crippen molar-refractivity contribution in [2.45, 2.75) is 25.4 Å². The Kier molecular flexibility index (Phi) is 4.74. The number of nitrogens with zero attached hydrogens (tertiary/aromatic N) is 2. The van der Waals surface area contributed by atoms with Gasteiger partial charge in [0.2, 0.25) is 0 Å². The standard InChI is InChI=1S/C15H20N2O/c16-9-4-10-17-11-7-14(8-12-17)15(18)13-5-2-1-3-6-13/h1-3,5-6,14-15,18H,4,7-8,10-12H2. The lowest BCUT2D eigenvalue weighted by atomic mass is 9.87. The molecule has 0 aromatic heterocycles. The SMILES string of the molecule is N#CCCN1CCC(C(O)c2ccccc2)CC1. The molecule has 1 aromatic carbocycles. The van der Waals surface area contributed by atoms with Crippen LogP contribution in [0.15, 0.2) is 30.3 Å². The second kappa shape index (κ2) is 6.53. The zero-order valence-corrected chi connectivity index (χ0v) is 10.6. The van der Waals surface area contributed by atoms with Crippen molar-refractivity contribution >= 4 is 0 Å². The van der Waals surface area contributed by atoms with Gasteiger partial charge in [-0.15, -0.1) is 0 Å². The van der Waals surface area contributed by atoms with E-state index in [0.717, 1.165) is 38.0 Å². The first-order valence-corrected chi connectivity index (χ1v) is 6.63. The van der Waals surface area contributed by atoms with Crippen molar-refractivity contribution in [3.63, 3.8) is 0 Å². The number of nitriles is 1. The molecule has 1 aromatic rings. The third kappa shape index (κ3) is 3.32. The van der Waals surface area contributed by atoms with Gasteiger partial charge in [-0.2, -0.15) is 5.26 Å². The van der Waals surface area contributed by atoms with Gasteiger partial charge < -0.3 is 10.0 Å². The predicted molar refractivity (Wildman–Crippen MR) is 70.8 cm³/mol. The van der Waals surface area contributed by atoms with Crippen LogP contribution in [0.5, 0.6) is 0 Å². The van der Waals surface area contributed by atoms with E-state index in [1.807, 2.05) is 30.3 Å². The molecule has 1 atom stereocenters. The van der Waals surface area contributed by atoms with Crippen LogP contribution in [0.4, 0.5) is 0 Å². The van der Waals surface area contributed by atoms with Gasteiger partial charge in [0.15, 0.2) is 0 Å². The van der Waals surface area contributed by atoms with Crippen LogP contribution in [0.3, 0.4) is 0 Å². The molecular formula is C15H20N2O. The lowest BCUT2D eigenvalue weighted by Crippen LogP contribution is -2.36. The number of hydrogen-bond acceptors (Lipinski definition) is 3. The van der Waals surface area contributed by atoms with E-state index in [2.05, 4.69) is 11.0 Å². The van der Waals surface area contributed by atoms with Gasteiger partial charge in [-0.3, -0.25) is 0 Å². The number of aliphatic hydroxyl groups is 1. The highest BCUT2D eigenvalue weighted by molar-refractivity contribution is 5.18. The van der Waals surface area contributed by atoms with Crippen LogP contribution in [0.25, 0.3) is 0 Å². The second-order valence-corrected chi connectivity index (χ2v) is 4.94. The molecule has 1 heterocycles. The Morgan fingerprint density at radius 1 is 1.28 bits per heavy atom. The van der Waals surface area contributed by atoms with Gasteiger partial charge in [-0.25, -0.2) is 0 Å². The van der Waals surface area contributed by atoms with Gasteiger partial charge in [0, 0.05) is 13.0 Å². The third-order valence-electron chi connectivity index (χ3n) is 3.76. The number of likely N-dealkylation sites (tertiary alicyclic amines) is 1. The summed E-state index contributed by atoms with van der Waals surface area (Å²) < 4.78 is 0. The van der Waals surface area contributed by atoms with Crippen molar-refractivity contribution in [2.75, 3.05) is 19.6 Å². The highest BCUT2D eigenvalue weighted by atomic mass is 16.3. The van der Waals surface area contributed by atoms with Crippen LogP contribution in [0.2, 0.25) is 0 Å². The summed E-state index contributed by atoms with van der Waals surface area (Å²) in [6.45, 7) is 2.86. The molecule has 1 saturated heterocycles. The van der Waals surface area contributed by atoms with Crippen molar-refractivity contribution in [3.8, 4) is 6.07 Å². The summed E-state index contributed by atoms with van der Waals surface area (Å²) in [5.41, 5.74) is 1.02. The monoisotopic (exact) mass is 244 g/mol. The van der Waals surface area contributed by atoms with E-state index in [9.17, 15) is 5.11 Å². The van der Waals surface area contributed by atoms with Gasteiger partial charge >= 0.3 is 0 Å². The van der Waals surface area contributed by atoms with Crippen molar-refractivity contribution in [2.24, 2.45) is 5.92 Å². The van der Waals surface area contributed by atoms with Crippen LogP contribution in [0, 0.1) is 17.2 Å². The molecule has 1 N–H and O–H groups in total. The molecule has 3 nitrogen and oxygen atoms in total. The summed E-state index contributed by atoms with van der Waals surface area (Å²) in [5, 5.41) is 18.9. The van der Waals surface area contributed by atoms with Crippen LogP contribution in [0.1, 0.15) is 30.9 Å². The summed E-state index contributed by atoms with van der Waals surface area (Å²) in [6.07, 6.45) is 2.29. The first-order valence-electron chi connectivity index (χ1n) is 6.63. The minimum absolute atomic E-state index is 0.343. The zero-order chi connectivity index (χ0) is 12.8. The highest BCUT2D eigenvalue weighted by Gasteiger charge is 2.25. The van der Waals surface area contributed by atoms with Crippen LogP contribution >= 0.6 is 0 Å². The van der Waals surface area contributed by atoms with E-state index >= 15 is 0 Å². The Balaban J connectivity index is 1.85. The summed E-state index contributed by atoms with van der Waals surface area (Å²) in [7, 11) is 0. The predicted octanol–water partition coefficient (Wildman–Crippen LogP) is 2.35. The first kappa shape index (κ1) is 13.1. The third-order valence-corrected chi connectivity index (χ3v) is 3.76. The van der Waals surface area contributed by atoms with E-state index in [-0.39, 0.29) is 6.10 Å². The zero-order valence-electron chi connectivity index (χ0n) is 10.6. The van der Waals surface area contributed by atoms with Gasteiger partial charge in [-0.1, -0.05) is 30.3 Å². The van der Waals surface area contributed by atoms with Gasteiger partial charge in [0.25, 0.3) is 0 Å². The van der Waals surface area contributed by atoms with E-state index in [0.29, 0.717) is 12.3 Å². The minimum atomic E-state index is -0.343. The molecule has 1 fully saturated rings. The number of aliphatic hydroxyl groups excluding tert-OH is 1. The smallest absolute Gasteiger partial charge is 0.0819 e. The maximum Gasteiger partial charge on any atom is 0.0819 e.